The largest absolute Gasteiger partial charge is 0.490 e. The first-order chi connectivity index (χ1) is 7.26. The standard InChI is InChI=1S/C10H16N2O3/c1-3-12-8-9(7-11-12)15-6-5-10(13)14-4-2/h7-8H,3-6H2,1-2H3. The summed E-state index contributed by atoms with van der Waals surface area (Å²) in [5.74, 6) is 0.446. The number of aryl methyl sites for hydroxylation is 1. The highest BCUT2D eigenvalue weighted by atomic mass is 16.5. The topological polar surface area (TPSA) is 53.4 Å². The molecule has 0 aliphatic heterocycles. The number of esters is 1. The molecule has 0 radical (unpaired) electrons. The fraction of sp³-hybridized carbons (Fsp3) is 0.600. The molecule has 1 aromatic rings. The molecule has 0 bridgehead atoms. The maximum atomic E-state index is 11.0. The van der Waals surface area contributed by atoms with E-state index in [1.165, 1.54) is 0 Å². The number of aromatic nitrogens is 2. The summed E-state index contributed by atoms with van der Waals surface area (Å²) in [6, 6.07) is 0. The lowest BCUT2D eigenvalue weighted by Crippen LogP contribution is -2.09. The van der Waals surface area contributed by atoms with E-state index in [-0.39, 0.29) is 12.4 Å². The van der Waals surface area contributed by atoms with Gasteiger partial charge in [0.25, 0.3) is 0 Å². The fourth-order valence-corrected chi connectivity index (χ4v) is 1.08. The Morgan fingerprint density at radius 3 is 2.93 bits per heavy atom. The van der Waals surface area contributed by atoms with Crippen LogP contribution in [0.3, 0.4) is 0 Å². The van der Waals surface area contributed by atoms with E-state index in [2.05, 4.69) is 5.10 Å². The molecule has 1 heterocycles. The van der Waals surface area contributed by atoms with Crippen molar-refractivity contribution < 1.29 is 14.3 Å². The first-order valence-corrected chi connectivity index (χ1v) is 5.07. The van der Waals surface area contributed by atoms with Crippen molar-refractivity contribution in [2.45, 2.75) is 26.8 Å². The lowest BCUT2D eigenvalue weighted by atomic mass is 10.4. The Morgan fingerprint density at radius 1 is 1.53 bits per heavy atom. The first-order valence-electron chi connectivity index (χ1n) is 5.07. The lowest BCUT2D eigenvalue weighted by molar-refractivity contribution is -0.143. The summed E-state index contributed by atoms with van der Waals surface area (Å²) in [6.07, 6.45) is 3.70. The first kappa shape index (κ1) is 11.6. The van der Waals surface area contributed by atoms with E-state index in [0.717, 1.165) is 6.54 Å². The minimum absolute atomic E-state index is 0.236. The van der Waals surface area contributed by atoms with Gasteiger partial charge in [-0.1, -0.05) is 0 Å². The predicted molar refractivity (Wildman–Crippen MR) is 54.6 cm³/mol. The van der Waals surface area contributed by atoms with Crippen LogP contribution in [0.4, 0.5) is 0 Å². The Bertz CT molecular complexity index is 309. The van der Waals surface area contributed by atoms with Crippen molar-refractivity contribution in [2.24, 2.45) is 0 Å². The zero-order valence-corrected chi connectivity index (χ0v) is 9.10. The van der Waals surface area contributed by atoms with E-state index in [0.29, 0.717) is 19.0 Å². The molecule has 5 heteroatoms. The van der Waals surface area contributed by atoms with Crippen LogP contribution in [0.15, 0.2) is 12.4 Å². The molecule has 15 heavy (non-hydrogen) atoms. The van der Waals surface area contributed by atoms with E-state index in [1.54, 1.807) is 24.0 Å². The van der Waals surface area contributed by atoms with Crippen molar-refractivity contribution >= 4 is 5.97 Å². The lowest BCUT2D eigenvalue weighted by Gasteiger charge is -2.02. The van der Waals surface area contributed by atoms with Gasteiger partial charge < -0.3 is 9.47 Å². The third-order valence-electron chi connectivity index (χ3n) is 1.81. The van der Waals surface area contributed by atoms with Crippen LogP contribution in [0, 0.1) is 0 Å². The highest BCUT2D eigenvalue weighted by Gasteiger charge is 2.03. The zero-order valence-electron chi connectivity index (χ0n) is 9.10. The van der Waals surface area contributed by atoms with E-state index in [1.807, 2.05) is 6.92 Å². The Kier molecular flexibility index (Phi) is 4.66. The summed E-state index contributed by atoms with van der Waals surface area (Å²) in [5.41, 5.74) is 0. The van der Waals surface area contributed by atoms with Crippen LogP contribution < -0.4 is 4.74 Å². The molecule has 1 aromatic heterocycles. The van der Waals surface area contributed by atoms with Crippen molar-refractivity contribution in [1.82, 2.24) is 9.78 Å². The van der Waals surface area contributed by atoms with Crippen LogP contribution in [0.2, 0.25) is 0 Å². The maximum absolute atomic E-state index is 11.0. The van der Waals surface area contributed by atoms with Gasteiger partial charge in [0.1, 0.15) is 0 Å². The van der Waals surface area contributed by atoms with E-state index in [4.69, 9.17) is 9.47 Å². The minimum Gasteiger partial charge on any atom is -0.490 e. The molecule has 5 nitrogen and oxygen atoms in total. The van der Waals surface area contributed by atoms with Crippen LogP contribution in [-0.4, -0.2) is 29.0 Å². The number of carbonyl (C=O) groups excluding carboxylic acids is 1. The van der Waals surface area contributed by atoms with Crippen LogP contribution in [0.1, 0.15) is 20.3 Å². The highest BCUT2D eigenvalue weighted by molar-refractivity contribution is 5.69. The van der Waals surface area contributed by atoms with Gasteiger partial charge in [-0.25, -0.2) is 0 Å². The van der Waals surface area contributed by atoms with Gasteiger partial charge in [0.15, 0.2) is 5.75 Å². The molecule has 0 unspecified atom stereocenters. The van der Waals surface area contributed by atoms with Gasteiger partial charge in [-0.05, 0) is 13.8 Å². The molecular weight excluding hydrogens is 196 g/mol. The second-order valence-corrected chi connectivity index (χ2v) is 2.94. The van der Waals surface area contributed by atoms with Crippen LogP contribution in [0.25, 0.3) is 0 Å². The van der Waals surface area contributed by atoms with E-state index < -0.39 is 0 Å². The van der Waals surface area contributed by atoms with Gasteiger partial charge in [-0.3, -0.25) is 9.48 Å². The normalized spacial score (nSPS) is 10.0. The summed E-state index contributed by atoms with van der Waals surface area (Å²) in [5, 5.41) is 4.04. The smallest absolute Gasteiger partial charge is 0.309 e. The van der Waals surface area contributed by atoms with Gasteiger partial charge >= 0.3 is 5.97 Å². The molecule has 84 valence electrons. The van der Waals surface area contributed by atoms with Gasteiger partial charge in [0, 0.05) is 6.54 Å². The molecule has 0 fully saturated rings. The molecule has 0 aromatic carbocycles. The van der Waals surface area contributed by atoms with Gasteiger partial charge in [0.2, 0.25) is 0 Å². The fourth-order valence-electron chi connectivity index (χ4n) is 1.08. The van der Waals surface area contributed by atoms with Gasteiger partial charge in [-0.2, -0.15) is 5.10 Å². The van der Waals surface area contributed by atoms with Crippen LogP contribution >= 0.6 is 0 Å². The van der Waals surface area contributed by atoms with E-state index in [9.17, 15) is 4.79 Å². The Labute approximate surface area is 89.0 Å². The molecule has 0 spiro atoms. The monoisotopic (exact) mass is 212 g/mol. The summed E-state index contributed by atoms with van der Waals surface area (Å²) < 4.78 is 11.9. The van der Waals surface area contributed by atoms with Crippen molar-refractivity contribution in [3.63, 3.8) is 0 Å². The van der Waals surface area contributed by atoms with Crippen LogP contribution in [-0.2, 0) is 16.1 Å². The molecule has 0 N–H and O–H groups in total. The number of rotatable bonds is 6. The summed E-state index contributed by atoms with van der Waals surface area (Å²) in [4.78, 5) is 11.0. The second-order valence-electron chi connectivity index (χ2n) is 2.94. The van der Waals surface area contributed by atoms with E-state index >= 15 is 0 Å². The zero-order chi connectivity index (χ0) is 11.1. The molecule has 0 amide bonds. The summed E-state index contributed by atoms with van der Waals surface area (Å²) in [7, 11) is 0. The van der Waals surface area contributed by atoms with Gasteiger partial charge in [-0.15, -0.1) is 0 Å². The molecule has 0 saturated heterocycles. The average molecular weight is 212 g/mol. The average Bonchev–Trinajstić information content (AvgIpc) is 2.66. The minimum atomic E-state index is -0.236. The molecule has 0 aliphatic rings. The van der Waals surface area contributed by atoms with Crippen molar-refractivity contribution in [2.75, 3.05) is 13.2 Å². The van der Waals surface area contributed by atoms with Crippen molar-refractivity contribution in [1.29, 1.82) is 0 Å². The van der Waals surface area contributed by atoms with Crippen molar-refractivity contribution in [3.05, 3.63) is 12.4 Å². The summed E-state index contributed by atoms with van der Waals surface area (Å²) in [6.45, 7) is 5.32. The van der Waals surface area contributed by atoms with Crippen LogP contribution in [0.5, 0.6) is 5.75 Å². The number of ether oxygens (including phenoxy) is 2. The molecule has 1 rings (SSSR count). The third kappa shape index (κ3) is 4.01. The van der Waals surface area contributed by atoms with Crippen molar-refractivity contribution in [3.8, 4) is 5.75 Å². The maximum Gasteiger partial charge on any atom is 0.309 e. The number of nitrogens with zero attached hydrogens (tertiary/aromatic N) is 2. The summed E-state index contributed by atoms with van der Waals surface area (Å²) >= 11 is 0. The quantitative estimate of drug-likeness (QED) is 0.666. The number of hydrogen-bond donors (Lipinski definition) is 0. The predicted octanol–water partition coefficient (Wildman–Crippen LogP) is 1.23. The highest BCUT2D eigenvalue weighted by Crippen LogP contribution is 2.08. The Morgan fingerprint density at radius 2 is 2.33 bits per heavy atom. The third-order valence-corrected chi connectivity index (χ3v) is 1.81. The number of hydrogen-bond acceptors (Lipinski definition) is 4. The molecule has 0 saturated carbocycles. The molecule has 0 atom stereocenters. The SMILES string of the molecule is CCOC(=O)CCOc1cnn(CC)c1. The molecular formula is C10H16N2O3. The Balaban J connectivity index is 2.22. The number of carbonyl (C=O) groups is 1. The second kappa shape index (κ2) is 6.06. The molecule has 0 aliphatic carbocycles. The van der Waals surface area contributed by atoms with Gasteiger partial charge in [0.05, 0.1) is 32.0 Å². The Hall–Kier alpha value is -1.52.